The van der Waals surface area contributed by atoms with Gasteiger partial charge in [0.25, 0.3) is 5.91 Å². The zero-order valence-electron chi connectivity index (χ0n) is 15.3. The molecule has 1 N–H and O–H groups in total. The first kappa shape index (κ1) is 18.3. The highest BCUT2D eigenvalue weighted by atomic mass is 19.1. The molecule has 0 unspecified atom stereocenters. The predicted octanol–water partition coefficient (Wildman–Crippen LogP) is 2.72. The van der Waals surface area contributed by atoms with Gasteiger partial charge < -0.3 is 19.7 Å². The number of piperidine rings is 1. The van der Waals surface area contributed by atoms with Crippen molar-refractivity contribution >= 4 is 11.8 Å². The summed E-state index contributed by atoms with van der Waals surface area (Å²) in [6, 6.07) is 11.2. The Morgan fingerprint density at radius 1 is 1.04 bits per heavy atom. The molecular weight excluding hydrogens is 363 g/mol. The molecule has 7 heteroatoms. The van der Waals surface area contributed by atoms with E-state index < -0.39 is 0 Å². The summed E-state index contributed by atoms with van der Waals surface area (Å²) in [5.74, 6) is 0.716. The Morgan fingerprint density at radius 3 is 2.50 bits per heavy atom. The summed E-state index contributed by atoms with van der Waals surface area (Å²) in [6.07, 6.45) is 1.23. The predicted molar refractivity (Wildman–Crippen MR) is 99.4 cm³/mol. The number of benzene rings is 2. The Morgan fingerprint density at radius 2 is 1.75 bits per heavy atom. The van der Waals surface area contributed by atoms with Crippen LogP contribution in [0, 0.1) is 11.7 Å². The molecule has 2 aromatic rings. The van der Waals surface area contributed by atoms with Crippen molar-refractivity contribution < 1.29 is 23.5 Å². The number of nitrogens with zero attached hydrogens (tertiary/aromatic N) is 1. The van der Waals surface area contributed by atoms with Gasteiger partial charge in [-0.1, -0.05) is 12.1 Å². The van der Waals surface area contributed by atoms with E-state index >= 15 is 0 Å². The maximum absolute atomic E-state index is 12.9. The van der Waals surface area contributed by atoms with Crippen LogP contribution in [0.5, 0.6) is 11.5 Å². The minimum atomic E-state index is -0.297. The molecule has 2 aromatic carbocycles. The topological polar surface area (TPSA) is 67.9 Å². The molecule has 4 rings (SSSR count). The normalized spacial score (nSPS) is 16.1. The van der Waals surface area contributed by atoms with Crippen LogP contribution < -0.4 is 14.8 Å². The van der Waals surface area contributed by atoms with Crippen molar-refractivity contribution in [3.05, 3.63) is 59.4 Å². The van der Waals surface area contributed by atoms with Crippen LogP contribution in [0.2, 0.25) is 0 Å². The minimum Gasteiger partial charge on any atom is -0.454 e. The fraction of sp³-hybridized carbons (Fsp3) is 0.333. The Hall–Kier alpha value is -3.09. The molecule has 6 nitrogen and oxygen atoms in total. The SMILES string of the molecule is O=C(NCc1ccc(F)cc1)C1CCN(C(=O)c2ccc3c(c2)OCO3)CC1. The first-order valence-electron chi connectivity index (χ1n) is 9.31. The molecule has 28 heavy (non-hydrogen) atoms. The third kappa shape index (κ3) is 3.93. The number of hydrogen-bond donors (Lipinski definition) is 1. The van der Waals surface area contributed by atoms with Crippen LogP contribution in [-0.2, 0) is 11.3 Å². The number of carbonyl (C=O) groups excluding carboxylic acids is 2. The van der Waals surface area contributed by atoms with Crippen LogP contribution in [-0.4, -0.2) is 36.6 Å². The van der Waals surface area contributed by atoms with Crippen LogP contribution in [0.15, 0.2) is 42.5 Å². The van der Waals surface area contributed by atoms with Crippen molar-refractivity contribution in [1.82, 2.24) is 10.2 Å². The van der Waals surface area contributed by atoms with Gasteiger partial charge >= 0.3 is 0 Å². The third-order valence-electron chi connectivity index (χ3n) is 5.15. The number of halogens is 1. The molecule has 0 radical (unpaired) electrons. The largest absolute Gasteiger partial charge is 0.454 e. The van der Waals surface area contributed by atoms with Gasteiger partial charge in [0, 0.05) is 31.1 Å². The summed E-state index contributed by atoms with van der Waals surface area (Å²) in [4.78, 5) is 26.9. The Balaban J connectivity index is 1.28. The Kier molecular flexibility index (Phi) is 5.14. The van der Waals surface area contributed by atoms with E-state index in [9.17, 15) is 14.0 Å². The van der Waals surface area contributed by atoms with Crippen LogP contribution in [0.25, 0.3) is 0 Å². The number of rotatable bonds is 4. The second-order valence-corrected chi connectivity index (χ2v) is 6.98. The van der Waals surface area contributed by atoms with E-state index in [-0.39, 0.29) is 30.3 Å². The Bertz CT molecular complexity index is 876. The fourth-order valence-electron chi connectivity index (χ4n) is 3.49. The quantitative estimate of drug-likeness (QED) is 0.880. The van der Waals surface area contributed by atoms with E-state index in [4.69, 9.17) is 9.47 Å². The van der Waals surface area contributed by atoms with E-state index in [0.29, 0.717) is 49.5 Å². The summed E-state index contributed by atoms with van der Waals surface area (Å²) in [5, 5.41) is 2.90. The molecule has 0 atom stereocenters. The highest BCUT2D eigenvalue weighted by Gasteiger charge is 2.28. The van der Waals surface area contributed by atoms with E-state index in [1.54, 1.807) is 35.2 Å². The highest BCUT2D eigenvalue weighted by Crippen LogP contribution is 2.33. The van der Waals surface area contributed by atoms with E-state index in [1.165, 1.54) is 12.1 Å². The molecule has 2 amide bonds. The van der Waals surface area contributed by atoms with Crippen LogP contribution in [0.3, 0.4) is 0 Å². The van der Waals surface area contributed by atoms with Gasteiger partial charge in [0.15, 0.2) is 11.5 Å². The van der Waals surface area contributed by atoms with Gasteiger partial charge in [0.1, 0.15) is 5.82 Å². The summed E-state index contributed by atoms with van der Waals surface area (Å²) < 4.78 is 23.5. The molecule has 146 valence electrons. The van der Waals surface area contributed by atoms with Gasteiger partial charge in [-0.05, 0) is 48.7 Å². The van der Waals surface area contributed by atoms with Crippen molar-refractivity contribution in [2.24, 2.45) is 5.92 Å². The molecule has 2 aliphatic rings. The average molecular weight is 384 g/mol. The minimum absolute atomic E-state index is 0.0282. The van der Waals surface area contributed by atoms with Gasteiger partial charge in [-0.2, -0.15) is 0 Å². The zero-order chi connectivity index (χ0) is 19.5. The van der Waals surface area contributed by atoms with Crippen molar-refractivity contribution in [3.8, 4) is 11.5 Å². The molecule has 0 aliphatic carbocycles. The summed E-state index contributed by atoms with van der Waals surface area (Å²) >= 11 is 0. The van der Waals surface area contributed by atoms with Crippen LogP contribution in [0.1, 0.15) is 28.8 Å². The van der Waals surface area contributed by atoms with Crippen LogP contribution >= 0.6 is 0 Å². The molecule has 0 bridgehead atoms. The van der Waals surface area contributed by atoms with Gasteiger partial charge in [0.05, 0.1) is 0 Å². The lowest BCUT2D eigenvalue weighted by Gasteiger charge is -2.31. The van der Waals surface area contributed by atoms with Crippen molar-refractivity contribution in [3.63, 3.8) is 0 Å². The second-order valence-electron chi connectivity index (χ2n) is 6.98. The molecular formula is C21H21FN2O4. The lowest BCUT2D eigenvalue weighted by atomic mass is 9.95. The summed E-state index contributed by atoms with van der Waals surface area (Å²) in [7, 11) is 0. The van der Waals surface area contributed by atoms with E-state index in [2.05, 4.69) is 5.32 Å². The molecule has 2 aliphatic heterocycles. The smallest absolute Gasteiger partial charge is 0.253 e. The first-order valence-corrected chi connectivity index (χ1v) is 9.31. The number of fused-ring (bicyclic) bond motifs is 1. The van der Waals surface area contributed by atoms with Gasteiger partial charge in [0.2, 0.25) is 12.7 Å². The summed E-state index contributed by atoms with van der Waals surface area (Å²) in [6.45, 7) is 1.60. The number of nitrogens with one attached hydrogen (secondary N) is 1. The molecule has 2 heterocycles. The summed E-state index contributed by atoms with van der Waals surface area (Å²) in [5.41, 5.74) is 1.41. The number of likely N-dealkylation sites (tertiary alicyclic amines) is 1. The first-order chi connectivity index (χ1) is 13.6. The fourth-order valence-corrected chi connectivity index (χ4v) is 3.49. The van der Waals surface area contributed by atoms with Gasteiger partial charge in [-0.25, -0.2) is 4.39 Å². The van der Waals surface area contributed by atoms with E-state index in [0.717, 1.165) is 5.56 Å². The number of hydrogen-bond acceptors (Lipinski definition) is 4. The average Bonchev–Trinajstić information content (AvgIpc) is 3.20. The lowest BCUT2D eigenvalue weighted by molar-refractivity contribution is -0.126. The van der Waals surface area contributed by atoms with Gasteiger partial charge in [-0.15, -0.1) is 0 Å². The van der Waals surface area contributed by atoms with Crippen molar-refractivity contribution in [2.45, 2.75) is 19.4 Å². The Labute approximate surface area is 162 Å². The molecule has 0 spiro atoms. The lowest BCUT2D eigenvalue weighted by Crippen LogP contribution is -2.42. The second kappa shape index (κ2) is 7.88. The highest BCUT2D eigenvalue weighted by molar-refractivity contribution is 5.95. The number of ether oxygens (including phenoxy) is 2. The monoisotopic (exact) mass is 384 g/mol. The number of carbonyl (C=O) groups is 2. The van der Waals surface area contributed by atoms with Crippen LogP contribution in [0.4, 0.5) is 4.39 Å². The zero-order valence-corrected chi connectivity index (χ0v) is 15.3. The molecule has 0 aromatic heterocycles. The van der Waals surface area contributed by atoms with Gasteiger partial charge in [-0.3, -0.25) is 9.59 Å². The number of amides is 2. The molecule has 1 saturated heterocycles. The van der Waals surface area contributed by atoms with E-state index in [1.807, 2.05) is 0 Å². The standard InChI is InChI=1S/C21H21FN2O4/c22-17-4-1-14(2-5-17)12-23-20(25)15-7-9-24(10-8-15)21(26)16-3-6-18-19(11-16)28-13-27-18/h1-6,11,15H,7-10,12-13H2,(H,23,25). The maximum atomic E-state index is 12.9. The van der Waals surface area contributed by atoms with Crippen molar-refractivity contribution in [2.75, 3.05) is 19.9 Å². The third-order valence-corrected chi connectivity index (χ3v) is 5.15. The maximum Gasteiger partial charge on any atom is 0.253 e. The van der Waals surface area contributed by atoms with Crippen molar-refractivity contribution in [1.29, 1.82) is 0 Å². The molecule has 0 saturated carbocycles. The molecule has 1 fully saturated rings.